The summed E-state index contributed by atoms with van der Waals surface area (Å²) in [5, 5.41) is -0.491. The molecule has 0 radical (unpaired) electrons. The highest BCUT2D eigenvalue weighted by Gasteiger charge is 2.30. The van der Waals surface area contributed by atoms with Gasteiger partial charge in [-0.25, -0.2) is 4.39 Å². The van der Waals surface area contributed by atoms with E-state index in [4.69, 9.17) is 11.0 Å². The molecule has 0 saturated carbocycles. The summed E-state index contributed by atoms with van der Waals surface area (Å²) in [7, 11) is 0. The van der Waals surface area contributed by atoms with E-state index in [0.29, 0.717) is 22.4 Å². The van der Waals surface area contributed by atoms with Crippen molar-refractivity contribution in [3.63, 3.8) is 0 Å². The molecule has 254 valence electrons. The summed E-state index contributed by atoms with van der Waals surface area (Å²) >= 11 is 0.142. The number of nitrogens with zero attached hydrogens (tertiary/aromatic N) is 4. The van der Waals surface area contributed by atoms with E-state index in [9.17, 15) is 31.3 Å². The fraction of sp³-hybridized carbons (Fsp3) is 0.378. The van der Waals surface area contributed by atoms with Crippen molar-refractivity contribution in [2.75, 3.05) is 26.1 Å². The van der Waals surface area contributed by atoms with Crippen LogP contribution < -0.4 is 5.56 Å². The molecule has 1 heterocycles. The Morgan fingerprint density at radius 1 is 1.02 bits per heavy atom. The van der Waals surface area contributed by atoms with Crippen LogP contribution in [0.3, 0.4) is 0 Å². The van der Waals surface area contributed by atoms with Crippen molar-refractivity contribution in [1.82, 2.24) is 19.4 Å². The second-order valence-corrected chi connectivity index (χ2v) is 11.6. The first-order chi connectivity index (χ1) is 27.2. The number of alkyl halides is 3. The van der Waals surface area contributed by atoms with Crippen molar-refractivity contribution in [1.29, 1.82) is 0 Å². The standard InChI is InChI=1S/C37H40F4N4O2S/c1-4-43(5-2)21-22-44(25(3)27-11-13-28(14-12-27)29-15-17-30(18-16-29)37(39,40)41)34(46)23-45-33-8-6-7-32(33)35(47)42-36(45)48-24-26-9-19-31(38)20-10-26/h9-20,25H,4-8,21-24H2,1-3H3/i9D,10D,19D,20D,21D2,22D2,24D2,25D. The molecule has 1 aliphatic rings. The molecule has 0 aliphatic heterocycles. The number of rotatable bonds is 13. The van der Waals surface area contributed by atoms with E-state index < -0.39 is 95.2 Å². The van der Waals surface area contributed by atoms with Gasteiger partial charge in [0.05, 0.1) is 21.2 Å². The maximum atomic E-state index is 14.8. The first-order valence-corrected chi connectivity index (χ1v) is 16.0. The number of hydrogen-bond donors (Lipinski definition) is 0. The van der Waals surface area contributed by atoms with Crippen molar-refractivity contribution >= 4 is 17.7 Å². The van der Waals surface area contributed by atoms with Crippen molar-refractivity contribution in [2.24, 2.45) is 0 Å². The number of hydrogen-bond acceptors (Lipinski definition) is 5. The summed E-state index contributed by atoms with van der Waals surface area (Å²) in [6, 6.07) is 3.20. The fourth-order valence-corrected chi connectivity index (χ4v) is 5.91. The SMILES string of the molecule is [2H]c1c([2H])c(C([2H])([2H])Sc2nc(=O)c3c(n2CC(=O)N(C([2H])(C)c2ccc(-c4ccc(C(F)(F)F)cc4)cc2)C([2H])([2H])C([2H])([2H])N(CC)CC)CCC3)c([2H])c([2H])c1F. The Labute approximate surface area is 298 Å². The van der Waals surface area contributed by atoms with Crippen molar-refractivity contribution in [3.05, 3.63) is 117 Å². The van der Waals surface area contributed by atoms with Gasteiger partial charge in [-0.2, -0.15) is 18.2 Å². The van der Waals surface area contributed by atoms with Gasteiger partial charge in [0.2, 0.25) is 5.91 Å². The zero-order valence-electron chi connectivity index (χ0n) is 37.4. The summed E-state index contributed by atoms with van der Waals surface area (Å²) < 4.78 is 151. The number of aromatic nitrogens is 2. The molecule has 1 unspecified atom stereocenters. The molecule has 6 nitrogen and oxygen atoms in total. The van der Waals surface area contributed by atoms with E-state index in [1.807, 2.05) is 0 Å². The van der Waals surface area contributed by atoms with Crippen LogP contribution in [-0.2, 0) is 36.1 Å². The molecular formula is C37H40F4N4O2S. The van der Waals surface area contributed by atoms with Crippen molar-refractivity contribution in [3.8, 4) is 11.1 Å². The molecule has 1 aromatic heterocycles. The zero-order valence-corrected chi connectivity index (χ0v) is 27.2. The molecule has 0 N–H and O–H groups in total. The van der Waals surface area contributed by atoms with Crippen LogP contribution in [0.5, 0.6) is 0 Å². The van der Waals surface area contributed by atoms with Gasteiger partial charge in [-0.1, -0.05) is 74.1 Å². The molecule has 5 rings (SSSR count). The Morgan fingerprint density at radius 3 is 2.25 bits per heavy atom. The third kappa shape index (κ3) is 8.36. The third-order valence-corrected chi connectivity index (χ3v) is 8.65. The van der Waals surface area contributed by atoms with Crippen LogP contribution in [0.25, 0.3) is 11.1 Å². The van der Waals surface area contributed by atoms with Crippen LogP contribution in [0.1, 0.15) is 76.2 Å². The first-order valence-electron chi connectivity index (χ1n) is 20.7. The van der Waals surface area contributed by atoms with E-state index in [0.717, 1.165) is 28.5 Å². The molecule has 4 aromatic rings. The van der Waals surface area contributed by atoms with Gasteiger partial charge in [-0.05, 0) is 85.7 Å². The van der Waals surface area contributed by atoms with Gasteiger partial charge >= 0.3 is 6.18 Å². The second-order valence-electron chi connectivity index (χ2n) is 10.8. The molecule has 48 heavy (non-hydrogen) atoms. The van der Waals surface area contributed by atoms with Gasteiger partial charge in [0, 0.05) is 35.4 Å². The van der Waals surface area contributed by atoms with Crippen LogP contribution in [0.15, 0.2) is 82.7 Å². The topological polar surface area (TPSA) is 58.4 Å². The van der Waals surface area contributed by atoms with Crippen LogP contribution in [0.4, 0.5) is 17.6 Å². The number of thioether (sulfide) groups is 1. The first kappa shape index (κ1) is 23.4. The number of carbonyl (C=O) groups excluding carboxylic acids is 1. The number of carbonyl (C=O) groups is 1. The fourth-order valence-electron chi connectivity index (χ4n) is 5.20. The quantitative estimate of drug-likeness (QED) is 0.0815. The lowest BCUT2D eigenvalue weighted by Crippen LogP contribution is -2.42. The van der Waals surface area contributed by atoms with E-state index in [2.05, 4.69) is 4.98 Å². The molecule has 1 atom stereocenters. The van der Waals surface area contributed by atoms with E-state index in [-0.39, 0.29) is 54.5 Å². The zero-order chi connectivity index (χ0) is 44.2. The maximum Gasteiger partial charge on any atom is 0.416 e. The molecule has 0 saturated heterocycles. The predicted molar refractivity (Wildman–Crippen MR) is 181 cm³/mol. The molecular weight excluding hydrogens is 640 g/mol. The van der Waals surface area contributed by atoms with Crippen LogP contribution in [0.2, 0.25) is 0 Å². The van der Waals surface area contributed by atoms with Crippen molar-refractivity contribution in [2.45, 2.75) is 69.6 Å². The Bertz CT molecular complexity index is 2280. The molecule has 0 bridgehead atoms. The average molecular weight is 692 g/mol. The lowest BCUT2D eigenvalue weighted by atomic mass is 9.99. The predicted octanol–water partition coefficient (Wildman–Crippen LogP) is 7.78. The van der Waals surface area contributed by atoms with Gasteiger partial charge in [-0.15, -0.1) is 0 Å². The molecule has 0 spiro atoms. The monoisotopic (exact) mass is 691 g/mol. The van der Waals surface area contributed by atoms with E-state index in [1.54, 1.807) is 13.8 Å². The number of amides is 1. The lowest BCUT2D eigenvalue weighted by molar-refractivity contribution is -0.137. The number of likely N-dealkylation sites (N-methyl/N-ethyl adjacent to an activating group) is 1. The largest absolute Gasteiger partial charge is 0.416 e. The smallest absolute Gasteiger partial charge is 0.333 e. The summed E-state index contributed by atoms with van der Waals surface area (Å²) in [6.45, 7) is -2.84. The molecule has 1 amide bonds. The number of benzene rings is 3. The minimum atomic E-state index is -4.56. The Kier molecular flexibility index (Phi) is 7.56. The van der Waals surface area contributed by atoms with E-state index in [1.165, 1.54) is 36.4 Å². The lowest BCUT2D eigenvalue weighted by Gasteiger charge is -2.33. The number of fused-ring (bicyclic) bond motifs is 1. The normalized spacial score (nSPS) is 18.4. The van der Waals surface area contributed by atoms with Crippen LogP contribution in [0, 0.1) is 5.82 Å². The highest BCUT2D eigenvalue weighted by Crippen LogP contribution is 2.32. The maximum absolute atomic E-state index is 14.8. The van der Waals surface area contributed by atoms with Crippen LogP contribution >= 0.6 is 11.8 Å². The van der Waals surface area contributed by atoms with Crippen LogP contribution in [-0.4, -0.2) is 51.3 Å². The van der Waals surface area contributed by atoms with Gasteiger partial charge in [0.1, 0.15) is 12.4 Å². The second kappa shape index (κ2) is 15.5. The molecule has 11 heteroatoms. The molecule has 0 fully saturated rings. The van der Waals surface area contributed by atoms with Gasteiger partial charge in [0.15, 0.2) is 5.16 Å². The summed E-state index contributed by atoms with van der Waals surface area (Å²) in [6.07, 6.45) is -3.76. The minimum Gasteiger partial charge on any atom is -0.333 e. The van der Waals surface area contributed by atoms with Gasteiger partial charge < -0.3 is 14.4 Å². The molecule has 3 aromatic carbocycles. The van der Waals surface area contributed by atoms with Gasteiger partial charge in [-0.3, -0.25) is 9.59 Å². The summed E-state index contributed by atoms with van der Waals surface area (Å²) in [5.41, 5.74) is -4.26. The molecule has 1 aliphatic carbocycles. The third-order valence-electron chi connectivity index (χ3n) is 7.85. The van der Waals surface area contributed by atoms with Gasteiger partial charge in [0.25, 0.3) is 5.56 Å². The Morgan fingerprint density at radius 2 is 1.65 bits per heavy atom. The minimum absolute atomic E-state index is 0.00593. The highest BCUT2D eigenvalue weighted by molar-refractivity contribution is 7.98. The Hall–Kier alpha value is -3.96. The summed E-state index contributed by atoms with van der Waals surface area (Å²) in [5.74, 6) is -2.71. The van der Waals surface area contributed by atoms with E-state index >= 15 is 0 Å². The number of halogens is 4. The average Bonchev–Trinajstić information content (AvgIpc) is 3.65. The summed E-state index contributed by atoms with van der Waals surface area (Å²) in [4.78, 5) is 33.6. The Balaban J connectivity index is 1.64. The highest BCUT2D eigenvalue weighted by atomic mass is 32.2. The van der Waals surface area contributed by atoms with Crippen molar-refractivity contribution < 1.29 is 37.4 Å².